The highest BCUT2D eigenvalue weighted by atomic mass is 35.5. The molecule has 0 unspecified atom stereocenters. The highest BCUT2D eigenvalue weighted by molar-refractivity contribution is 6.30. The molecule has 86 valence electrons. The van der Waals surface area contributed by atoms with Gasteiger partial charge < -0.3 is 5.11 Å². The maximum Gasteiger partial charge on any atom is 0.323 e. The van der Waals surface area contributed by atoms with Gasteiger partial charge in [-0.3, -0.25) is 9.69 Å². The number of fused-ring (bicyclic) bond motifs is 1. The Labute approximate surface area is 99.6 Å². The molecule has 0 fully saturated rings. The number of rotatable bonds is 2. The largest absolute Gasteiger partial charge is 0.480 e. The molecule has 0 radical (unpaired) electrons. The van der Waals surface area contributed by atoms with Crippen LogP contribution in [-0.2, 0) is 17.9 Å². The van der Waals surface area contributed by atoms with Gasteiger partial charge in [-0.05, 0) is 37.1 Å². The Kier molecular flexibility index (Phi) is 2.68. The first-order valence-corrected chi connectivity index (χ1v) is 5.55. The van der Waals surface area contributed by atoms with Crippen molar-refractivity contribution in [2.45, 2.75) is 32.5 Å². The van der Waals surface area contributed by atoms with E-state index in [1.165, 1.54) is 5.56 Å². The number of halogens is 1. The number of benzene rings is 1. The van der Waals surface area contributed by atoms with E-state index in [2.05, 4.69) is 0 Å². The van der Waals surface area contributed by atoms with E-state index in [4.69, 9.17) is 16.7 Å². The van der Waals surface area contributed by atoms with E-state index in [0.29, 0.717) is 18.1 Å². The van der Waals surface area contributed by atoms with E-state index in [-0.39, 0.29) is 0 Å². The van der Waals surface area contributed by atoms with Crippen molar-refractivity contribution in [3.63, 3.8) is 0 Å². The van der Waals surface area contributed by atoms with Crippen molar-refractivity contribution in [1.29, 1.82) is 0 Å². The van der Waals surface area contributed by atoms with Gasteiger partial charge in [-0.25, -0.2) is 0 Å². The zero-order valence-corrected chi connectivity index (χ0v) is 10.1. The third kappa shape index (κ3) is 1.81. The molecule has 0 bridgehead atoms. The minimum Gasteiger partial charge on any atom is -0.480 e. The molecule has 0 aliphatic carbocycles. The summed E-state index contributed by atoms with van der Waals surface area (Å²) in [6.45, 7) is 4.77. The maximum absolute atomic E-state index is 11.2. The van der Waals surface area contributed by atoms with Crippen molar-refractivity contribution in [1.82, 2.24) is 4.90 Å². The molecule has 2 rings (SSSR count). The van der Waals surface area contributed by atoms with Crippen LogP contribution in [0.3, 0.4) is 0 Å². The summed E-state index contributed by atoms with van der Waals surface area (Å²) in [5.74, 6) is -0.800. The molecule has 1 heterocycles. The maximum atomic E-state index is 11.2. The molecule has 0 spiro atoms. The number of hydrogen-bond donors (Lipinski definition) is 1. The van der Waals surface area contributed by atoms with Gasteiger partial charge in [0.2, 0.25) is 0 Å². The fourth-order valence-corrected chi connectivity index (χ4v) is 2.09. The van der Waals surface area contributed by atoms with Gasteiger partial charge in [-0.15, -0.1) is 0 Å². The van der Waals surface area contributed by atoms with E-state index >= 15 is 0 Å². The predicted octanol–water partition coefficient (Wildman–Crippen LogP) is 2.52. The van der Waals surface area contributed by atoms with Crippen molar-refractivity contribution in [2.24, 2.45) is 0 Å². The van der Waals surface area contributed by atoms with Gasteiger partial charge in [-0.1, -0.05) is 17.7 Å². The monoisotopic (exact) mass is 239 g/mol. The Balaban J connectivity index is 2.26. The smallest absolute Gasteiger partial charge is 0.323 e. The molecule has 1 aromatic carbocycles. The standard InChI is InChI=1S/C12H14ClNO2/c1-12(2,11(15)16)14-6-8-3-4-10(13)5-9(8)7-14/h3-5H,6-7H2,1-2H3,(H,15,16). The van der Waals surface area contributed by atoms with Crippen LogP contribution in [-0.4, -0.2) is 21.5 Å². The van der Waals surface area contributed by atoms with Gasteiger partial charge in [0.05, 0.1) is 0 Å². The first-order valence-electron chi connectivity index (χ1n) is 5.17. The van der Waals surface area contributed by atoms with Crippen LogP contribution in [0.1, 0.15) is 25.0 Å². The zero-order chi connectivity index (χ0) is 11.9. The summed E-state index contributed by atoms with van der Waals surface area (Å²) >= 11 is 5.91. The Hall–Kier alpha value is -1.06. The van der Waals surface area contributed by atoms with Crippen LogP contribution in [0.5, 0.6) is 0 Å². The highest BCUT2D eigenvalue weighted by Gasteiger charge is 2.37. The molecule has 1 aromatic rings. The second kappa shape index (κ2) is 3.75. The molecule has 1 aliphatic rings. The Morgan fingerprint density at radius 2 is 2.00 bits per heavy atom. The molecule has 0 saturated carbocycles. The summed E-state index contributed by atoms with van der Waals surface area (Å²) in [6, 6.07) is 5.72. The van der Waals surface area contributed by atoms with Gasteiger partial charge in [-0.2, -0.15) is 0 Å². The normalized spacial score (nSPS) is 16.2. The summed E-state index contributed by atoms with van der Waals surface area (Å²) in [5, 5.41) is 9.87. The molecule has 16 heavy (non-hydrogen) atoms. The van der Waals surface area contributed by atoms with Crippen LogP contribution < -0.4 is 0 Å². The minimum absolute atomic E-state index is 0.648. The molecular weight excluding hydrogens is 226 g/mol. The van der Waals surface area contributed by atoms with Crippen LogP contribution in [0.25, 0.3) is 0 Å². The van der Waals surface area contributed by atoms with Gasteiger partial charge in [0.1, 0.15) is 5.54 Å². The predicted molar refractivity (Wildman–Crippen MR) is 62.4 cm³/mol. The quantitative estimate of drug-likeness (QED) is 0.862. The second-order valence-electron chi connectivity index (χ2n) is 4.63. The number of aliphatic carboxylic acids is 1. The topological polar surface area (TPSA) is 40.5 Å². The summed E-state index contributed by atoms with van der Waals surface area (Å²) < 4.78 is 0. The molecule has 3 nitrogen and oxygen atoms in total. The van der Waals surface area contributed by atoms with Gasteiger partial charge in [0.25, 0.3) is 0 Å². The summed E-state index contributed by atoms with van der Waals surface area (Å²) in [5.41, 5.74) is 1.45. The Morgan fingerprint density at radius 3 is 2.62 bits per heavy atom. The lowest BCUT2D eigenvalue weighted by atomic mass is 10.0. The number of carbonyl (C=O) groups is 1. The lowest BCUT2D eigenvalue weighted by molar-refractivity contribution is -0.149. The van der Waals surface area contributed by atoms with Crippen LogP contribution in [0, 0.1) is 0 Å². The van der Waals surface area contributed by atoms with Gasteiger partial charge in [0.15, 0.2) is 0 Å². The van der Waals surface area contributed by atoms with Crippen molar-refractivity contribution in [3.05, 3.63) is 34.3 Å². The molecule has 0 saturated heterocycles. The van der Waals surface area contributed by atoms with Crippen LogP contribution in [0.2, 0.25) is 5.02 Å². The van der Waals surface area contributed by atoms with E-state index in [1.54, 1.807) is 13.8 Å². The summed E-state index contributed by atoms with van der Waals surface area (Å²) in [4.78, 5) is 13.1. The summed E-state index contributed by atoms with van der Waals surface area (Å²) in [6.07, 6.45) is 0. The molecular formula is C12H14ClNO2. The fraction of sp³-hybridized carbons (Fsp3) is 0.417. The Morgan fingerprint density at radius 1 is 1.38 bits per heavy atom. The number of carboxylic acid groups (broad SMARTS) is 1. The zero-order valence-electron chi connectivity index (χ0n) is 9.33. The molecule has 4 heteroatoms. The first kappa shape index (κ1) is 11.4. The third-order valence-corrected chi connectivity index (χ3v) is 3.44. The molecule has 0 amide bonds. The van der Waals surface area contributed by atoms with Crippen molar-refractivity contribution in [2.75, 3.05) is 0 Å². The second-order valence-corrected chi connectivity index (χ2v) is 5.07. The average molecular weight is 240 g/mol. The van der Waals surface area contributed by atoms with Crippen molar-refractivity contribution in [3.8, 4) is 0 Å². The van der Waals surface area contributed by atoms with E-state index in [1.807, 2.05) is 23.1 Å². The molecule has 0 aromatic heterocycles. The SMILES string of the molecule is CC(C)(C(=O)O)N1Cc2ccc(Cl)cc2C1. The van der Waals surface area contributed by atoms with Crippen LogP contribution >= 0.6 is 11.6 Å². The van der Waals surface area contributed by atoms with E-state index < -0.39 is 11.5 Å². The average Bonchev–Trinajstić information content (AvgIpc) is 2.60. The fourth-order valence-electron chi connectivity index (χ4n) is 1.89. The van der Waals surface area contributed by atoms with Crippen LogP contribution in [0.15, 0.2) is 18.2 Å². The van der Waals surface area contributed by atoms with E-state index in [9.17, 15) is 4.79 Å². The molecule has 0 atom stereocenters. The summed E-state index contributed by atoms with van der Waals surface area (Å²) in [7, 11) is 0. The van der Waals surface area contributed by atoms with Gasteiger partial charge in [0, 0.05) is 18.1 Å². The van der Waals surface area contributed by atoms with E-state index in [0.717, 1.165) is 5.56 Å². The Bertz CT molecular complexity index is 443. The lowest BCUT2D eigenvalue weighted by Gasteiger charge is -2.30. The number of carboxylic acids is 1. The lowest BCUT2D eigenvalue weighted by Crippen LogP contribution is -2.47. The molecule has 1 N–H and O–H groups in total. The van der Waals surface area contributed by atoms with Crippen LogP contribution in [0.4, 0.5) is 0 Å². The highest BCUT2D eigenvalue weighted by Crippen LogP contribution is 2.30. The number of nitrogens with zero attached hydrogens (tertiary/aromatic N) is 1. The molecule has 1 aliphatic heterocycles. The third-order valence-electron chi connectivity index (χ3n) is 3.20. The number of hydrogen-bond acceptors (Lipinski definition) is 2. The van der Waals surface area contributed by atoms with Crippen molar-refractivity contribution < 1.29 is 9.90 Å². The first-order chi connectivity index (χ1) is 7.41. The van der Waals surface area contributed by atoms with Crippen molar-refractivity contribution >= 4 is 17.6 Å². The van der Waals surface area contributed by atoms with Gasteiger partial charge >= 0.3 is 5.97 Å². The minimum atomic E-state index is -0.842.